The number of furan rings is 1. The SMILES string of the molecule is O=C(NCc1ccoc1)c1nc(N2CCCCC2)ncc1Cl. The molecule has 1 aliphatic heterocycles. The monoisotopic (exact) mass is 320 g/mol. The van der Waals surface area contributed by atoms with Gasteiger partial charge in [0.15, 0.2) is 5.69 Å². The molecule has 0 aliphatic carbocycles. The molecule has 6 nitrogen and oxygen atoms in total. The number of nitrogens with zero attached hydrogens (tertiary/aromatic N) is 3. The van der Waals surface area contributed by atoms with Crippen LogP contribution >= 0.6 is 11.6 Å². The van der Waals surface area contributed by atoms with E-state index in [0.29, 0.717) is 12.5 Å². The van der Waals surface area contributed by atoms with Gasteiger partial charge in [-0.05, 0) is 25.3 Å². The van der Waals surface area contributed by atoms with Crippen LogP contribution in [-0.4, -0.2) is 29.0 Å². The second-order valence-electron chi connectivity index (χ2n) is 5.23. The molecule has 1 fully saturated rings. The number of rotatable bonds is 4. The molecule has 116 valence electrons. The lowest BCUT2D eigenvalue weighted by atomic mass is 10.1. The fraction of sp³-hybridized carbons (Fsp3) is 0.400. The smallest absolute Gasteiger partial charge is 0.271 e. The van der Waals surface area contributed by atoms with Gasteiger partial charge in [0.1, 0.15) is 0 Å². The molecular weight excluding hydrogens is 304 g/mol. The molecule has 0 bridgehead atoms. The van der Waals surface area contributed by atoms with Gasteiger partial charge >= 0.3 is 0 Å². The molecule has 1 amide bonds. The molecule has 0 atom stereocenters. The summed E-state index contributed by atoms with van der Waals surface area (Å²) in [4.78, 5) is 22.9. The largest absolute Gasteiger partial charge is 0.472 e. The van der Waals surface area contributed by atoms with Gasteiger partial charge in [0.05, 0.1) is 23.7 Å². The lowest BCUT2D eigenvalue weighted by Gasteiger charge is -2.26. The summed E-state index contributed by atoms with van der Waals surface area (Å²) in [7, 11) is 0. The highest BCUT2D eigenvalue weighted by Gasteiger charge is 2.18. The standard InChI is InChI=1S/C15H17ClN4O2/c16-12-9-18-15(20-5-2-1-3-6-20)19-13(12)14(21)17-8-11-4-7-22-10-11/h4,7,9-10H,1-3,5-6,8H2,(H,17,21). The van der Waals surface area contributed by atoms with E-state index in [9.17, 15) is 4.79 Å². The number of hydrogen-bond acceptors (Lipinski definition) is 5. The number of anilines is 1. The number of carbonyl (C=O) groups excluding carboxylic acids is 1. The Balaban J connectivity index is 1.72. The molecule has 0 saturated carbocycles. The Labute approximate surface area is 133 Å². The first kappa shape index (κ1) is 14.8. The predicted molar refractivity (Wildman–Crippen MR) is 83.0 cm³/mol. The van der Waals surface area contributed by atoms with E-state index in [0.717, 1.165) is 31.5 Å². The summed E-state index contributed by atoms with van der Waals surface area (Å²) in [5, 5.41) is 3.04. The number of amides is 1. The summed E-state index contributed by atoms with van der Waals surface area (Å²) in [6.07, 6.45) is 8.10. The highest BCUT2D eigenvalue weighted by molar-refractivity contribution is 6.33. The van der Waals surface area contributed by atoms with Crippen LogP contribution in [0.1, 0.15) is 35.3 Å². The van der Waals surface area contributed by atoms with Crippen molar-refractivity contribution in [1.29, 1.82) is 0 Å². The summed E-state index contributed by atoms with van der Waals surface area (Å²) >= 11 is 6.07. The zero-order valence-corrected chi connectivity index (χ0v) is 12.8. The second-order valence-corrected chi connectivity index (χ2v) is 5.64. The second kappa shape index (κ2) is 6.79. The Morgan fingerprint density at radius 1 is 1.36 bits per heavy atom. The van der Waals surface area contributed by atoms with E-state index >= 15 is 0 Å². The Kier molecular flexibility index (Phi) is 4.58. The molecule has 0 spiro atoms. The van der Waals surface area contributed by atoms with Crippen LogP contribution < -0.4 is 10.2 Å². The maximum absolute atomic E-state index is 12.3. The van der Waals surface area contributed by atoms with E-state index in [1.165, 1.54) is 12.6 Å². The molecule has 1 saturated heterocycles. The van der Waals surface area contributed by atoms with E-state index in [4.69, 9.17) is 16.0 Å². The van der Waals surface area contributed by atoms with Crippen molar-refractivity contribution in [2.45, 2.75) is 25.8 Å². The molecule has 0 aromatic carbocycles. The van der Waals surface area contributed by atoms with Crippen LogP contribution in [0.5, 0.6) is 0 Å². The first-order valence-electron chi connectivity index (χ1n) is 7.31. The van der Waals surface area contributed by atoms with Crippen LogP contribution in [0.4, 0.5) is 5.95 Å². The predicted octanol–water partition coefficient (Wildman–Crippen LogP) is 2.64. The Morgan fingerprint density at radius 3 is 2.91 bits per heavy atom. The van der Waals surface area contributed by atoms with Crippen LogP contribution in [0.2, 0.25) is 5.02 Å². The molecule has 22 heavy (non-hydrogen) atoms. The molecule has 1 N–H and O–H groups in total. The van der Waals surface area contributed by atoms with Crippen LogP contribution in [0.3, 0.4) is 0 Å². The van der Waals surface area contributed by atoms with Gasteiger partial charge in [-0.1, -0.05) is 11.6 Å². The van der Waals surface area contributed by atoms with Gasteiger partial charge in [-0.2, -0.15) is 0 Å². The van der Waals surface area contributed by atoms with Crippen molar-refractivity contribution >= 4 is 23.5 Å². The number of halogens is 1. The quantitative estimate of drug-likeness (QED) is 0.937. The lowest BCUT2D eigenvalue weighted by molar-refractivity contribution is 0.0946. The summed E-state index contributed by atoms with van der Waals surface area (Å²) in [5.74, 6) is 0.254. The molecule has 3 rings (SSSR count). The van der Waals surface area contributed by atoms with Crippen LogP contribution in [0.25, 0.3) is 0 Å². The fourth-order valence-corrected chi connectivity index (χ4v) is 2.60. The van der Waals surface area contributed by atoms with Gasteiger partial charge < -0.3 is 14.6 Å². The minimum Gasteiger partial charge on any atom is -0.472 e. The van der Waals surface area contributed by atoms with E-state index in [-0.39, 0.29) is 16.6 Å². The summed E-state index contributed by atoms with van der Waals surface area (Å²) in [6, 6.07) is 1.79. The van der Waals surface area contributed by atoms with E-state index in [1.54, 1.807) is 18.6 Å². The van der Waals surface area contributed by atoms with Gasteiger partial charge in [0.25, 0.3) is 5.91 Å². The van der Waals surface area contributed by atoms with Crippen LogP contribution in [0, 0.1) is 0 Å². The van der Waals surface area contributed by atoms with Crippen LogP contribution in [-0.2, 0) is 6.54 Å². The minimum absolute atomic E-state index is 0.209. The van der Waals surface area contributed by atoms with Gasteiger partial charge in [-0.15, -0.1) is 0 Å². The average molecular weight is 321 g/mol. The highest BCUT2D eigenvalue weighted by atomic mass is 35.5. The number of hydrogen-bond donors (Lipinski definition) is 1. The number of piperidine rings is 1. The first-order chi connectivity index (χ1) is 10.7. The zero-order valence-electron chi connectivity index (χ0n) is 12.1. The Morgan fingerprint density at radius 2 is 2.18 bits per heavy atom. The molecule has 7 heteroatoms. The van der Waals surface area contributed by atoms with Crippen molar-refractivity contribution < 1.29 is 9.21 Å². The maximum Gasteiger partial charge on any atom is 0.271 e. The average Bonchev–Trinajstić information content (AvgIpc) is 3.07. The normalized spacial score (nSPS) is 14.9. The fourth-order valence-electron chi connectivity index (χ4n) is 2.42. The van der Waals surface area contributed by atoms with Crippen molar-refractivity contribution in [3.63, 3.8) is 0 Å². The molecule has 0 unspecified atom stereocenters. The number of nitrogens with one attached hydrogen (secondary N) is 1. The van der Waals surface area contributed by atoms with Gasteiger partial charge in [0, 0.05) is 25.2 Å². The van der Waals surface area contributed by atoms with Gasteiger partial charge in [-0.25, -0.2) is 9.97 Å². The number of carbonyl (C=O) groups is 1. The van der Waals surface area contributed by atoms with Crippen molar-refractivity contribution in [2.24, 2.45) is 0 Å². The highest BCUT2D eigenvalue weighted by Crippen LogP contribution is 2.19. The molecule has 2 aromatic rings. The Bertz CT molecular complexity index is 639. The third kappa shape index (κ3) is 3.39. The third-order valence-corrected chi connectivity index (χ3v) is 3.90. The Hall–Kier alpha value is -2.08. The third-order valence-electron chi connectivity index (χ3n) is 3.62. The summed E-state index contributed by atoms with van der Waals surface area (Å²) in [5.41, 5.74) is 1.09. The van der Waals surface area contributed by atoms with Crippen LogP contribution in [0.15, 0.2) is 29.2 Å². The molecule has 3 heterocycles. The van der Waals surface area contributed by atoms with E-state index in [1.807, 2.05) is 0 Å². The van der Waals surface area contributed by atoms with Gasteiger partial charge in [0.2, 0.25) is 5.95 Å². The summed E-state index contributed by atoms with van der Waals surface area (Å²) < 4.78 is 4.97. The lowest BCUT2D eigenvalue weighted by Crippen LogP contribution is -2.32. The summed E-state index contributed by atoms with van der Waals surface area (Å²) in [6.45, 7) is 2.20. The molecular formula is C15H17ClN4O2. The van der Waals surface area contributed by atoms with Crippen molar-refractivity contribution in [1.82, 2.24) is 15.3 Å². The topological polar surface area (TPSA) is 71.3 Å². The molecule has 2 aromatic heterocycles. The minimum atomic E-state index is -0.313. The molecule has 1 aliphatic rings. The van der Waals surface area contributed by atoms with Crippen molar-refractivity contribution in [2.75, 3.05) is 18.0 Å². The molecule has 0 radical (unpaired) electrons. The van der Waals surface area contributed by atoms with E-state index < -0.39 is 0 Å². The first-order valence-corrected chi connectivity index (χ1v) is 7.68. The van der Waals surface area contributed by atoms with E-state index in [2.05, 4.69) is 20.2 Å². The maximum atomic E-state index is 12.3. The zero-order chi connectivity index (χ0) is 15.4. The van der Waals surface area contributed by atoms with Gasteiger partial charge in [-0.3, -0.25) is 4.79 Å². The van der Waals surface area contributed by atoms with Crippen molar-refractivity contribution in [3.05, 3.63) is 41.1 Å². The van der Waals surface area contributed by atoms with Crippen molar-refractivity contribution in [3.8, 4) is 0 Å². The number of aromatic nitrogens is 2.